The molecule has 2 heterocycles. The van der Waals surface area contributed by atoms with Crippen LogP contribution in [-0.2, 0) is 22.6 Å². The van der Waals surface area contributed by atoms with Crippen LogP contribution < -0.4 is 5.32 Å². The van der Waals surface area contributed by atoms with Crippen LogP contribution in [0.25, 0.3) is 0 Å². The van der Waals surface area contributed by atoms with E-state index in [1.54, 1.807) is 4.90 Å². The van der Waals surface area contributed by atoms with Gasteiger partial charge in [0.15, 0.2) is 5.82 Å². The van der Waals surface area contributed by atoms with Gasteiger partial charge >= 0.3 is 5.97 Å². The summed E-state index contributed by atoms with van der Waals surface area (Å²) in [5.74, 6) is 0.196. The number of piperazine rings is 1. The zero-order valence-corrected chi connectivity index (χ0v) is 12.2. The van der Waals surface area contributed by atoms with Crippen molar-refractivity contribution in [3.8, 4) is 0 Å². The van der Waals surface area contributed by atoms with Gasteiger partial charge in [0.25, 0.3) is 0 Å². The van der Waals surface area contributed by atoms with E-state index in [1.807, 2.05) is 0 Å². The molecule has 8 heteroatoms. The van der Waals surface area contributed by atoms with Crippen LogP contribution in [0.1, 0.15) is 32.0 Å². The maximum atomic E-state index is 11.8. The third-order valence-corrected chi connectivity index (χ3v) is 3.25. The summed E-state index contributed by atoms with van der Waals surface area (Å²) in [6, 6.07) is -0.698. The van der Waals surface area contributed by atoms with Crippen molar-refractivity contribution in [1.82, 2.24) is 20.4 Å². The number of hydrogen-bond donors (Lipinski definition) is 2. The molecule has 1 atom stereocenters. The van der Waals surface area contributed by atoms with E-state index in [1.165, 1.54) is 0 Å². The minimum absolute atomic E-state index is 0.237. The first kappa shape index (κ1) is 15.4. The number of carbonyl (C=O) groups excluding carboxylic acids is 1. The van der Waals surface area contributed by atoms with Crippen LogP contribution in [0.5, 0.6) is 0 Å². The fourth-order valence-corrected chi connectivity index (χ4v) is 2.31. The molecule has 2 N–H and O–H groups in total. The quantitative estimate of drug-likeness (QED) is 0.763. The van der Waals surface area contributed by atoms with Crippen LogP contribution in [0.2, 0.25) is 0 Å². The third-order valence-electron chi connectivity index (χ3n) is 3.25. The molecule has 1 aromatic heterocycles. The Morgan fingerprint density at radius 2 is 2.33 bits per heavy atom. The van der Waals surface area contributed by atoms with Gasteiger partial charge in [-0.25, -0.2) is 0 Å². The summed E-state index contributed by atoms with van der Waals surface area (Å²) in [4.78, 5) is 28.7. The first-order valence-electron chi connectivity index (χ1n) is 7.00. The highest BCUT2D eigenvalue weighted by Crippen LogP contribution is 2.13. The second kappa shape index (κ2) is 6.66. The van der Waals surface area contributed by atoms with Gasteiger partial charge in [-0.15, -0.1) is 0 Å². The van der Waals surface area contributed by atoms with Crippen molar-refractivity contribution in [3.05, 3.63) is 11.7 Å². The summed E-state index contributed by atoms with van der Waals surface area (Å²) in [5.41, 5.74) is 0. The topological polar surface area (TPSA) is 109 Å². The van der Waals surface area contributed by atoms with Gasteiger partial charge in [0.2, 0.25) is 11.8 Å². The zero-order valence-electron chi connectivity index (χ0n) is 12.2. The lowest BCUT2D eigenvalue weighted by molar-refractivity contribution is -0.143. The molecule has 1 aliphatic heterocycles. The number of carbonyl (C=O) groups is 2. The summed E-state index contributed by atoms with van der Waals surface area (Å²) in [6.45, 7) is 5.46. The van der Waals surface area contributed by atoms with E-state index in [9.17, 15) is 9.59 Å². The molecule has 0 aliphatic carbocycles. The van der Waals surface area contributed by atoms with Gasteiger partial charge in [0.1, 0.15) is 6.04 Å². The average Bonchev–Trinajstić information content (AvgIpc) is 2.79. The van der Waals surface area contributed by atoms with E-state index in [4.69, 9.17) is 9.63 Å². The highest BCUT2D eigenvalue weighted by atomic mass is 16.5. The SMILES string of the molecule is CC(C)Cc1noc(CN2CCNC(=O)C2CC(=O)O)n1. The second-order valence-corrected chi connectivity index (χ2v) is 5.58. The van der Waals surface area contributed by atoms with Crippen molar-refractivity contribution >= 4 is 11.9 Å². The predicted molar refractivity (Wildman–Crippen MR) is 72.3 cm³/mol. The summed E-state index contributed by atoms with van der Waals surface area (Å²) in [7, 11) is 0. The fourth-order valence-electron chi connectivity index (χ4n) is 2.31. The van der Waals surface area contributed by atoms with Gasteiger partial charge < -0.3 is 14.9 Å². The van der Waals surface area contributed by atoms with Crippen LogP contribution >= 0.6 is 0 Å². The largest absolute Gasteiger partial charge is 0.481 e. The molecule has 1 aliphatic rings. The third kappa shape index (κ3) is 4.25. The van der Waals surface area contributed by atoms with Gasteiger partial charge in [0, 0.05) is 19.5 Å². The van der Waals surface area contributed by atoms with Crippen LogP contribution in [0, 0.1) is 5.92 Å². The summed E-state index contributed by atoms with van der Waals surface area (Å²) in [6.07, 6.45) is 0.487. The number of nitrogens with zero attached hydrogens (tertiary/aromatic N) is 3. The highest BCUT2D eigenvalue weighted by Gasteiger charge is 2.32. The van der Waals surface area contributed by atoms with Gasteiger partial charge in [0.05, 0.1) is 13.0 Å². The molecule has 0 spiro atoms. The number of carboxylic acids is 1. The fraction of sp³-hybridized carbons (Fsp3) is 0.692. The number of hydrogen-bond acceptors (Lipinski definition) is 6. The van der Waals surface area contributed by atoms with E-state index >= 15 is 0 Å². The van der Waals surface area contributed by atoms with Crippen molar-refractivity contribution in [1.29, 1.82) is 0 Å². The van der Waals surface area contributed by atoms with E-state index in [0.717, 1.165) is 6.42 Å². The Morgan fingerprint density at radius 3 is 3.00 bits per heavy atom. The van der Waals surface area contributed by atoms with E-state index in [0.29, 0.717) is 30.7 Å². The minimum atomic E-state index is -1.01. The predicted octanol–water partition coefficient (Wildman–Crippen LogP) is 0.0432. The lowest BCUT2D eigenvalue weighted by atomic mass is 10.1. The van der Waals surface area contributed by atoms with Crippen LogP contribution in [0.4, 0.5) is 0 Å². The maximum Gasteiger partial charge on any atom is 0.305 e. The molecule has 1 saturated heterocycles. The van der Waals surface area contributed by atoms with Crippen LogP contribution in [0.3, 0.4) is 0 Å². The van der Waals surface area contributed by atoms with Crippen molar-refractivity contribution < 1.29 is 19.2 Å². The maximum absolute atomic E-state index is 11.8. The molecule has 8 nitrogen and oxygen atoms in total. The molecule has 1 amide bonds. The van der Waals surface area contributed by atoms with Crippen molar-refractivity contribution in [2.45, 2.75) is 39.3 Å². The first-order valence-corrected chi connectivity index (χ1v) is 7.00. The number of amides is 1. The van der Waals surface area contributed by atoms with Gasteiger partial charge in [-0.1, -0.05) is 19.0 Å². The van der Waals surface area contributed by atoms with Crippen molar-refractivity contribution in [3.63, 3.8) is 0 Å². The summed E-state index contributed by atoms with van der Waals surface area (Å²) in [5, 5.41) is 15.5. The molecule has 0 saturated carbocycles. The monoisotopic (exact) mass is 296 g/mol. The Hall–Kier alpha value is -1.96. The molecule has 2 rings (SSSR count). The number of nitrogens with one attached hydrogen (secondary N) is 1. The van der Waals surface area contributed by atoms with Crippen molar-refractivity contribution in [2.75, 3.05) is 13.1 Å². The standard InChI is InChI=1S/C13H20N4O4/c1-8(2)5-10-15-11(21-16-10)7-17-4-3-14-13(20)9(17)6-12(18)19/h8-9H,3-7H2,1-2H3,(H,14,20)(H,18,19). The summed E-state index contributed by atoms with van der Waals surface area (Å²) < 4.78 is 5.17. The van der Waals surface area contributed by atoms with Crippen LogP contribution in [0.15, 0.2) is 4.52 Å². The molecule has 1 fully saturated rings. The van der Waals surface area contributed by atoms with Gasteiger partial charge in [-0.05, 0) is 5.92 Å². The zero-order chi connectivity index (χ0) is 15.4. The molecule has 0 aromatic carbocycles. The smallest absolute Gasteiger partial charge is 0.305 e. The van der Waals surface area contributed by atoms with E-state index in [-0.39, 0.29) is 18.9 Å². The average molecular weight is 296 g/mol. The first-order chi connectivity index (χ1) is 9.95. The van der Waals surface area contributed by atoms with E-state index in [2.05, 4.69) is 29.3 Å². The van der Waals surface area contributed by atoms with Gasteiger partial charge in [-0.3, -0.25) is 14.5 Å². The molecular weight excluding hydrogens is 276 g/mol. The molecule has 1 aromatic rings. The second-order valence-electron chi connectivity index (χ2n) is 5.58. The lowest BCUT2D eigenvalue weighted by Gasteiger charge is -2.32. The Labute approximate surface area is 122 Å². The Morgan fingerprint density at radius 1 is 1.57 bits per heavy atom. The number of rotatable bonds is 6. The summed E-state index contributed by atoms with van der Waals surface area (Å²) >= 11 is 0. The molecular formula is C13H20N4O4. The van der Waals surface area contributed by atoms with Crippen molar-refractivity contribution in [2.24, 2.45) is 5.92 Å². The molecule has 21 heavy (non-hydrogen) atoms. The molecule has 0 bridgehead atoms. The Kier molecular flexibility index (Phi) is 4.89. The normalized spacial score (nSPS) is 19.8. The number of carboxylic acid groups (broad SMARTS) is 1. The Bertz CT molecular complexity index is 514. The highest BCUT2D eigenvalue weighted by molar-refractivity contribution is 5.86. The molecule has 1 unspecified atom stereocenters. The molecule has 116 valence electrons. The molecule has 0 radical (unpaired) electrons. The number of aromatic nitrogens is 2. The van der Waals surface area contributed by atoms with Gasteiger partial charge in [-0.2, -0.15) is 4.98 Å². The van der Waals surface area contributed by atoms with E-state index < -0.39 is 12.0 Å². The van der Waals surface area contributed by atoms with Crippen LogP contribution in [-0.4, -0.2) is 51.2 Å². The Balaban J connectivity index is 2.03. The number of aliphatic carboxylic acids is 1. The minimum Gasteiger partial charge on any atom is -0.481 e. The lowest BCUT2D eigenvalue weighted by Crippen LogP contribution is -2.55.